The van der Waals surface area contributed by atoms with Gasteiger partial charge in [0.15, 0.2) is 16.6 Å². The van der Waals surface area contributed by atoms with Crippen LogP contribution in [0.2, 0.25) is 0 Å². The molecular weight excluding hydrogens is 276 g/mol. The standard InChI is InChI=1S/C18H14N2O2/c1-20(2)12-5-7-15-17(9-12)22-16-8-4-11-3-6-13(21)10-14(11)18(16)19-15/h3-10H,1-2H3. The molecule has 0 unspecified atom stereocenters. The van der Waals surface area contributed by atoms with Crippen molar-refractivity contribution in [2.24, 2.45) is 0 Å². The zero-order valence-corrected chi connectivity index (χ0v) is 12.3. The Bertz CT molecular complexity index is 1080. The minimum atomic E-state index is -0.0233. The fourth-order valence-corrected chi connectivity index (χ4v) is 2.65. The van der Waals surface area contributed by atoms with Gasteiger partial charge in [-0.1, -0.05) is 12.1 Å². The van der Waals surface area contributed by atoms with Gasteiger partial charge in [-0.25, -0.2) is 4.98 Å². The highest BCUT2D eigenvalue weighted by Gasteiger charge is 2.08. The highest BCUT2D eigenvalue weighted by Crippen LogP contribution is 2.27. The van der Waals surface area contributed by atoms with Gasteiger partial charge in [0.25, 0.3) is 0 Å². The van der Waals surface area contributed by atoms with Crippen LogP contribution in [0.4, 0.5) is 5.69 Å². The molecule has 22 heavy (non-hydrogen) atoms. The van der Waals surface area contributed by atoms with Crippen molar-refractivity contribution in [3.8, 4) is 0 Å². The first-order valence-electron chi connectivity index (χ1n) is 7.06. The SMILES string of the molecule is CN(C)c1ccc2nc3c(ccc4ccc(=O)cc43)oc2c1. The van der Waals surface area contributed by atoms with E-state index < -0.39 is 0 Å². The molecule has 3 aromatic carbocycles. The van der Waals surface area contributed by atoms with E-state index in [1.807, 2.05) is 55.4 Å². The van der Waals surface area contributed by atoms with Crippen molar-refractivity contribution in [2.75, 3.05) is 19.0 Å². The van der Waals surface area contributed by atoms with Crippen molar-refractivity contribution in [3.63, 3.8) is 0 Å². The third-order valence-electron chi connectivity index (χ3n) is 3.84. The highest BCUT2D eigenvalue weighted by molar-refractivity contribution is 6.04. The Morgan fingerprint density at radius 2 is 1.77 bits per heavy atom. The fraction of sp³-hybridized carbons (Fsp3) is 0.111. The molecule has 0 aliphatic heterocycles. The molecule has 0 N–H and O–H groups in total. The monoisotopic (exact) mass is 290 g/mol. The van der Waals surface area contributed by atoms with Gasteiger partial charge in [-0.2, -0.15) is 0 Å². The van der Waals surface area contributed by atoms with Crippen LogP contribution in [0.1, 0.15) is 0 Å². The van der Waals surface area contributed by atoms with Crippen LogP contribution < -0.4 is 10.3 Å². The van der Waals surface area contributed by atoms with E-state index in [2.05, 4.69) is 0 Å². The molecule has 0 radical (unpaired) electrons. The molecule has 0 saturated carbocycles. The molecule has 108 valence electrons. The number of nitrogens with zero attached hydrogens (tertiary/aromatic N) is 2. The predicted molar refractivity (Wildman–Crippen MR) is 89.6 cm³/mol. The Kier molecular flexibility index (Phi) is 2.66. The summed E-state index contributed by atoms with van der Waals surface area (Å²) in [4.78, 5) is 18.4. The van der Waals surface area contributed by atoms with Crippen LogP contribution in [0.3, 0.4) is 0 Å². The first-order chi connectivity index (χ1) is 10.6. The van der Waals surface area contributed by atoms with Gasteiger partial charge in [-0.05, 0) is 35.7 Å². The molecule has 0 amide bonds. The Morgan fingerprint density at radius 1 is 0.955 bits per heavy atom. The Balaban J connectivity index is 2.11. The van der Waals surface area contributed by atoms with Gasteiger partial charge in [0.1, 0.15) is 11.0 Å². The first-order valence-corrected chi connectivity index (χ1v) is 7.06. The summed E-state index contributed by atoms with van der Waals surface area (Å²) >= 11 is 0. The molecule has 0 aliphatic rings. The average molecular weight is 290 g/mol. The molecule has 0 spiro atoms. The number of rotatable bonds is 1. The van der Waals surface area contributed by atoms with E-state index in [0.29, 0.717) is 5.58 Å². The Morgan fingerprint density at radius 3 is 2.59 bits per heavy atom. The summed E-state index contributed by atoms with van der Waals surface area (Å²) in [5, 5.41) is 1.81. The molecule has 4 rings (SSSR count). The van der Waals surface area contributed by atoms with E-state index in [0.717, 1.165) is 33.1 Å². The van der Waals surface area contributed by atoms with Crippen LogP contribution in [0, 0.1) is 0 Å². The second kappa shape index (κ2) is 4.56. The third kappa shape index (κ3) is 1.92. The molecule has 4 aromatic rings. The maximum absolute atomic E-state index is 11.6. The van der Waals surface area contributed by atoms with Crippen LogP contribution in [0.15, 0.2) is 57.7 Å². The summed E-state index contributed by atoms with van der Waals surface area (Å²) in [7, 11) is 3.97. The number of hydrogen-bond donors (Lipinski definition) is 0. The second-order valence-corrected chi connectivity index (χ2v) is 5.56. The smallest absolute Gasteiger partial charge is 0.179 e. The lowest BCUT2D eigenvalue weighted by Gasteiger charge is -2.12. The molecule has 1 heterocycles. The van der Waals surface area contributed by atoms with Crippen LogP contribution >= 0.6 is 0 Å². The van der Waals surface area contributed by atoms with Gasteiger partial charge in [-0.3, -0.25) is 4.79 Å². The van der Waals surface area contributed by atoms with Crippen molar-refractivity contribution in [1.82, 2.24) is 4.98 Å². The van der Waals surface area contributed by atoms with E-state index in [9.17, 15) is 4.79 Å². The van der Waals surface area contributed by atoms with Gasteiger partial charge in [-0.15, -0.1) is 0 Å². The summed E-state index contributed by atoms with van der Waals surface area (Å²) in [5.74, 6) is 0. The normalized spacial score (nSPS) is 11.4. The van der Waals surface area contributed by atoms with Crippen LogP contribution in [0.25, 0.3) is 33.0 Å². The summed E-state index contributed by atoms with van der Waals surface area (Å²) in [6.45, 7) is 0. The summed E-state index contributed by atoms with van der Waals surface area (Å²) in [5.41, 5.74) is 3.95. The van der Waals surface area contributed by atoms with E-state index >= 15 is 0 Å². The van der Waals surface area contributed by atoms with Gasteiger partial charge >= 0.3 is 0 Å². The van der Waals surface area contributed by atoms with Gasteiger partial charge in [0.05, 0.1) is 0 Å². The van der Waals surface area contributed by atoms with Crippen molar-refractivity contribution in [2.45, 2.75) is 0 Å². The molecule has 4 heteroatoms. The summed E-state index contributed by atoms with van der Waals surface area (Å²) in [6, 6.07) is 14.7. The van der Waals surface area contributed by atoms with Crippen LogP contribution in [-0.2, 0) is 0 Å². The first kappa shape index (κ1) is 12.8. The maximum Gasteiger partial charge on any atom is 0.179 e. The molecule has 1 aromatic heterocycles. The Hall–Kier alpha value is -2.88. The van der Waals surface area contributed by atoms with Crippen molar-refractivity contribution < 1.29 is 4.42 Å². The predicted octanol–water partition coefficient (Wildman–Crippen LogP) is 3.56. The summed E-state index contributed by atoms with van der Waals surface area (Å²) in [6.07, 6.45) is 0. The second-order valence-electron chi connectivity index (χ2n) is 5.56. The number of benzene rings is 3. The summed E-state index contributed by atoms with van der Waals surface area (Å²) < 4.78 is 5.99. The lowest BCUT2D eigenvalue weighted by Crippen LogP contribution is -2.08. The number of hydrogen-bond acceptors (Lipinski definition) is 4. The van der Waals surface area contributed by atoms with E-state index in [4.69, 9.17) is 9.40 Å². The number of anilines is 1. The third-order valence-corrected chi connectivity index (χ3v) is 3.84. The molecular formula is C18H14N2O2. The average Bonchev–Trinajstić information content (AvgIpc) is 2.52. The number of aromatic nitrogens is 1. The molecule has 0 bridgehead atoms. The van der Waals surface area contributed by atoms with E-state index in [1.165, 1.54) is 0 Å². The molecule has 4 nitrogen and oxygen atoms in total. The van der Waals surface area contributed by atoms with Crippen molar-refractivity contribution in [1.29, 1.82) is 0 Å². The molecule has 0 atom stereocenters. The minimum Gasteiger partial charge on any atom is -0.453 e. The topological polar surface area (TPSA) is 46.3 Å². The molecule has 0 aliphatic carbocycles. The van der Waals surface area contributed by atoms with Crippen LogP contribution in [0.5, 0.6) is 0 Å². The Labute approximate surface area is 126 Å². The highest BCUT2D eigenvalue weighted by atomic mass is 16.3. The van der Waals surface area contributed by atoms with Gasteiger partial charge in [0, 0.05) is 31.2 Å². The molecule has 0 fully saturated rings. The quantitative estimate of drug-likeness (QED) is 0.397. The van der Waals surface area contributed by atoms with Gasteiger partial charge in [0.2, 0.25) is 0 Å². The van der Waals surface area contributed by atoms with Crippen LogP contribution in [-0.4, -0.2) is 19.1 Å². The maximum atomic E-state index is 11.6. The van der Waals surface area contributed by atoms with Crippen molar-refractivity contribution in [3.05, 3.63) is 58.8 Å². The van der Waals surface area contributed by atoms with Gasteiger partial charge < -0.3 is 9.32 Å². The van der Waals surface area contributed by atoms with E-state index in [1.54, 1.807) is 12.1 Å². The lowest BCUT2D eigenvalue weighted by atomic mass is 10.1. The van der Waals surface area contributed by atoms with Crippen molar-refractivity contribution >= 4 is 38.7 Å². The molecule has 0 saturated heterocycles. The zero-order chi connectivity index (χ0) is 15.3. The fourth-order valence-electron chi connectivity index (χ4n) is 2.65. The number of fused-ring (bicyclic) bond motifs is 4. The zero-order valence-electron chi connectivity index (χ0n) is 12.3. The van der Waals surface area contributed by atoms with E-state index in [-0.39, 0.29) is 5.43 Å². The minimum absolute atomic E-state index is 0.0233. The lowest BCUT2D eigenvalue weighted by molar-refractivity contribution is 0.657. The largest absolute Gasteiger partial charge is 0.453 e.